The van der Waals surface area contributed by atoms with Crippen LogP contribution < -0.4 is 11.5 Å². The van der Waals surface area contributed by atoms with E-state index < -0.39 is 0 Å². The highest BCUT2D eigenvalue weighted by Gasteiger charge is 2.13. The SMILES string of the molecule is N#Cc1ccc(N)c(N)c1-c1ncccn1. The highest BCUT2D eigenvalue weighted by atomic mass is 14.9. The van der Waals surface area contributed by atoms with Crippen molar-refractivity contribution < 1.29 is 0 Å². The van der Waals surface area contributed by atoms with Crippen molar-refractivity contribution in [3.8, 4) is 17.5 Å². The van der Waals surface area contributed by atoms with E-state index in [2.05, 4.69) is 9.97 Å². The van der Waals surface area contributed by atoms with Crippen LogP contribution in [0.4, 0.5) is 11.4 Å². The summed E-state index contributed by atoms with van der Waals surface area (Å²) in [5, 5.41) is 8.99. The van der Waals surface area contributed by atoms with E-state index in [1.807, 2.05) is 6.07 Å². The largest absolute Gasteiger partial charge is 0.397 e. The first-order chi connectivity index (χ1) is 7.74. The van der Waals surface area contributed by atoms with E-state index in [-0.39, 0.29) is 0 Å². The maximum absolute atomic E-state index is 8.99. The third-order valence-corrected chi connectivity index (χ3v) is 2.19. The second-order valence-corrected chi connectivity index (χ2v) is 3.18. The van der Waals surface area contributed by atoms with Crippen LogP contribution in [0.3, 0.4) is 0 Å². The summed E-state index contributed by atoms with van der Waals surface area (Å²) in [7, 11) is 0. The molecule has 0 spiro atoms. The van der Waals surface area contributed by atoms with Crippen LogP contribution in [0.15, 0.2) is 30.6 Å². The van der Waals surface area contributed by atoms with E-state index in [0.29, 0.717) is 28.3 Å². The van der Waals surface area contributed by atoms with E-state index in [1.165, 1.54) is 0 Å². The van der Waals surface area contributed by atoms with E-state index in [0.717, 1.165) is 0 Å². The van der Waals surface area contributed by atoms with Crippen molar-refractivity contribution in [2.75, 3.05) is 11.5 Å². The van der Waals surface area contributed by atoms with Crippen molar-refractivity contribution in [2.24, 2.45) is 0 Å². The van der Waals surface area contributed by atoms with E-state index >= 15 is 0 Å². The van der Waals surface area contributed by atoms with Crippen molar-refractivity contribution >= 4 is 11.4 Å². The minimum atomic E-state index is 0.338. The lowest BCUT2D eigenvalue weighted by Crippen LogP contribution is -2.01. The number of hydrogen-bond acceptors (Lipinski definition) is 5. The molecule has 0 aliphatic heterocycles. The maximum atomic E-state index is 8.99. The molecule has 0 saturated carbocycles. The smallest absolute Gasteiger partial charge is 0.162 e. The van der Waals surface area contributed by atoms with Gasteiger partial charge in [-0.2, -0.15) is 5.26 Å². The van der Waals surface area contributed by atoms with E-state index in [1.54, 1.807) is 30.6 Å². The molecule has 0 aliphatic rings. The van der Waals surface area contributed by atoms with Crippen LogP contribution in [0.25, 0.3) is 11.4 Å². The molecule has 0 amide bonds. The maximum Gasteiger partial charge on any atom is 0.162 e. The Morgan fingerprint density at radius 2 is 1.81 bits per heavy atom. The Balaban J connectivity index is 2.74. The summed E-state index contributed by atoms with van der Waals surface area (Å²) in [6.45, 7) is 0. The predicted molar refractivity (Wildman–Crippen MR) is 61.0 cm³/mol. The fraction of sp³-hybridized carbons (Fsp3) is 0. The predicted octanol–water partition coefficient (Wildman–Crippen LogP) is 1.18. The lowest BCUT2D eigenvalue weighted by atomic mass is 10.0. The third-order valence-electron chi connectivity index (χ3n) is 2.19. The average molecular weight is 211 g/mol. The highest BCUT2D eigenvalue weighted by molar-refractivity contribution is 5.85. The van der Waals surface area contributed by atoms with Gasteiger partial charge in [0.1, 0.15) is 0 Å². The fourth-order valence-corrected chi connectivity index (χ4v) is 1.40. The molecule has 2 aromatic rings. The number of anilines is 2. The zero-order valence-electron chi connectivity index (χ0n) is 8.38. The molecule has 1 aromatic carbocycles. The van der Waals surface area contributed by atoms with Gasteiger partial charge in [0.05, 0.1) is 28.6 Å². The second-order valence-electron chi connectivity index (χ2n) is 3.18. The monoisotopic (exact) mass is 211 g/mol. The van der Waals surface area contributed by atoms with E-state index in [4.69, 9.17) is 16.7 Å². The van der Waals surface area contributed by atoms with Gasteiger partial charge in [0.15, 0.2) is 5.82 Å². The molecular formula is C11H9N5. The molecule has 0 aliphatic carbocycles. The summed E-state index contributed by atoms with van der Waals surface area (Å²) in [6, 6.07) is 6.95. The standard InChI is InChI=1S/C11H9N5/c12-6-7-2-3-8(13)10(14)9(7)11-15-4-1-5-16-11/h1-5H,13-14H2. The molecule has 0 radical (unpaired) electrons. The molecule has 1 heterocycles. The minimum Gasteiger partial charge on any atom is -0.397 e. The number of hydrogen-bond donors (Lipinski definition) is 2. The number of nitrogens with zero attached hydrogens (tertiary/aromatic N) is 3. The summed E-state index contributed by atoms with van der Waals surface area (Å²) >= 11 is 0. The van der Waals surface area contributed by atoms with Gasteiger partial charge in [-0.3, -0.25) is 0 Å². The van der Waals surface area contributed by atoms with Crippen LogP contribution in [0, 0.1) is 11.3 Å². The van der Waals surface area contributed by atoms with Crippen molar-refractivity contribution in [3.05, 3.63) is 36.2 Å². The molecule has 0 unspecified atom stereocenters. The van der Waals surface area contributed by atoms with Crippen LogP contribution in [0.1, 0.15) is 5.56 Å². The number of nitrogens with two attached hydrogens (primary N) is 2. The van der Waals surface area contributed by atoms with Gasteiger partial charge in [-0.15, -0.1) is 0 Å². The lowest BCUT2D eigenvalue weighted by Gasteiger charge is -2.08. The molecule has 1 aromatic heterocycles. The van der Waals surface area contributed by atoms with Gasteiger partial charge in [0.25, 0.3) is 0 Å². The van der Waals surface area contributed by atoms with Crippen LogP contribution in [0.5, 0.6) is 0 Å². The topological polar surface area (TPSA) is 102 Å². The molecule has 5 heteroatoms. The first kappa shape index (κ1) is 9.93. The number of benzene rings is 1. The molecule has 0 bridgehead atoms. The molecule has 4 N–H and O–H groups in total. The van der Waals surface area contributed by atoms with Crippen molar-refractivity contribution in [2.45, 2.75) is 0 Å². The van der Waals surface area contributed by atoms with Crippen LogP contribution >= 0.6 is 0 Å². The van der Waals surface area contributed by atoms with Crippen LogP contribution in [-0.4, -0.2) is 9.97 Å². The molecule has 0 atom stereocenters. The number of rotatable bonds is 1. The van der Waals surface area contributed by atoms with Gasteiger partial charge in [0.2, 0.25) is 0 Å². The molecular weight excluding hydrogens is 202 g/mol. The van der Waals surface area contributed by atoms with Crippen LogP contribution in [-0.2, 0) is 0 Å². The van der Waals surface area contributed by atoms with Gasteiger partial charge >= 0.3 is 0 Å². The molecule has 16 heavy (non-hydrogen) atoms. The highest BCUT2D eigenvalue weighted by Crippen LogP contribution is 2.30. The minimum absolute atomic E-state index is 0.338. The first-order valence-electron chi connectivity index (χ1n) is 4.59. The molecule has 5 nitrogen and oxygen atoms in total. The number of nitrogen functional groups attached to an aromatic ring is 2. The Morgan fingerprint density at radius 3 is 2.44 bits per heavy atom. The van der Waals surface area contributed by atoms with Gasteiger partial charge in [-0.25, -0.2) is 9.97 Å². The molecule has 0 fully saturated rings. The Kier molecular flexibility index (Phi) is 2.40. The number of aromatic nitrogens is 2. The fourth-order valence-electron chi connectivity index (χ4n) is 1.40. The molecule has 2 rings (SSSR count). The summed E-state index contributed by atoms with van der Waals surface area (Å²) in [5.41, 5.74) is 13.2. The Hall–Kier alpha value is -2.61. The zero-order chi connectivity index (χ0) is 11.5. The Morgan fingerprint density at radius 1 is 1.12 bits per heavy atom. The van der Waals surface area contributed by atoms with Crippen molar-refractivity contribution in [1.82, 2.24) is 9.97 Å². The van der Waals surface area contributed by atoms with Gasteiger partial charge in [-0.05, 0) is 18.2 Å². The van der Waals surface area contributed by atoms with Crippen molar-refractivity contribution in [3.63, 3.8) is 0 Å². The third kappa shape index (κ3) is 1.53. The first-order valence-corrected chi connectivity index (χ1v) is 4.59. The Labute approximate surface area is 92.4 Å². The van der Waals surface area contributed by atoms with Gasteiger partial charge in [0, 0.05) is 12.4 Å². The second kappa shape index (κ2) is 3.87. The zero-order valence-corrected chi connectivity index (χ0v) is 8.38. The quantitative estimate of drug-likeness (QED) is 0.689. The number of nitriles is 1. The summed E-state index contributed by atoms with van der Waals surface area (Å²) in [6.07, 6.45) is 3.18. The lowest BCUT2D eigenvalue weighted by molar-refractivity contribution is 1.17. The van der Waals surface area contributed by atoms with Gasteiger partial charge < -0.3 is 11.5 Å². The Bertz CT molecular complexity index is 557. The molecule has 0 saturated heterocycles. The van der Waals surface area contributed by atoms with Crippen LogP contribution in [0.2, 0.25) is 0 Å². The summed E-state index contributed by atoms with van der Waals surface area (Å²) < 4.78 is 0. The summed E-state index contributed by atoms with van der Waals surface area (Å²) in [5.74, 6) is 0.406. The average Bonchev–Trinajstić information content (AvgIpc) is 2.33. The van der Waals surface area contributed by atoms with E-state index in [9.17, 15) is 0 Å². The normalized spacial score (nSPS) is 9.69. The summed E-state index contributed by atoms with van der Waals surface area (Å²) in [4.78, 5) is 8.12. The van der Waals surface area contributed by atoms with Gasteiger partial charge in [-0.1, -0.05) is 0 Å². The van der Waals surface area contributed by atoms with Crippen molar-refractivity contribution in [1.29, 1.82) is 5.26 Å². The molecule has 78 valence electrons.